The maximum absolute atomic E-state index is 14.2. The lowest BCUT2D eigenvalue weighted by atomic mass is 9.71. The normalized spacial score (nSPS) is 23.4. The highest BCUT2D eigenvalue weighted by Gasteiger charge is 2.42. The summed E-state index contributed by atoms with van der Waals surface area (Å²) in [5.74, 6) is -1.37. The molecule has 0 radical (unpaired) electrons. The van der Waals surface area contributed by atoms with Crippen LogP contribution in [0.1, 0.15) is 68.4 Å². The van der Waals surface area contributed by atoms with Gasteiger partial charge in [0.1, 0.15) is 11.9 Å². The van der Waals surface area contributed by atoms with E-state index < -0.39 is 11.9 Å². The Labute approximate surface area is 193 Å². The summed E-state index contributed by atoms with van der Waals surface area (Å²) in [5, 5.41) is 3.36. The molecule has 0 unspecified atom stereocenters. The molecule has 1 heterocycles. The van der Waals surface area contributed by atoms with Crippen molar-refractivity contribution in [3.8, 4) is 0 Å². The molecule has 2 atom stereocenters. The van der Waals surface area contributed by atoms with E-state index >= 15 is 0 Å². The molecule has 2 aromatic rings. The minimum Gasteiger partial charge on any atom is -0.459 e. The van der Waals surface area contributed by atoms with Crippen molar-refractivity contribution in [2.75, 3.05) is 0 Å². The molecule has 2 aliphatic carbocycles. The highest BCUT2D eigenvalue weighted by Crippen LogP contribution is 2.46. The van der Waals surface area contributed by atoms with E-state index in [0.29, 0.717) is 35.2 Å². The van der Waals surface area contributed by atoms with Crippen LogP contribution in [0, 0.1) is 5.82 Å². The van der Waals surface area contributed by atoms with Gasteiger partial charge in [0.2, 0.25) is 0 Å². The summed E-state index contributed by atoms with van der Waals surface area (Å²) >= 11 is 0. The molecule has 0 aromatic heterocycles. The number of Topliss-reactive ketones (excluding diaryl/α,β-unsaturated/α-hetero) is 1. The predicted octanol–water partition coefficient (Wildman–Crippen LogP) is 5.67. The molecule has 1 aliphatic heterocycles. The average Bonchev–Trinajstić information content (AvgIpc) is 3.31. The van der Waals surface area contributed by atoms with Crippen molar-refractivity contribution in [2.24, 2.45) is 0 Å². The summed E-state index contributed by atoms with van der Waals surface area (Å²) in [5.41, 5.74) is 4.20. The van der Waals surface area contributed by atoms with Gasteiger partial charge in [0.25, 0.3) is 0 Å². The van der Waals surface area contributed by atoms with E-state index in [1.165, 1.54) is 12.1 Å². The summed E-state index contributed by atoms with van der Waals surface area (Å²) in [6.45, 7) is 1.85. The Morgan fingerprint density at radius 3 is 2.45 bits per heavy atom. The van der Waals surface area contributed by atoms with Gasteiger partial charge in [-0.1, -0.05) is 42.5 Å². The Hall–Kier alpha value is -3.21. The molecule has 0 bridgehead atoms. The molecule has 5 rings (SSSR count). The monoisotopic (exact) mass is 445 g/mol. The van der Waals surface area contributed by atoms with Gasteiger partial charge in [0.05, 0.1) is 5.57 Å². The van der Waals surface area contributed by atoms with Crippen molar-refractivity contribution in [3.05, 3.63) is 94.1 Å². The summed E-state index contributed by atoms with van der Waals surface area (Å²) in [6, 6.07) is 16.2. The second-order valence-corrected chi connectivity index (χ2v) is 9.29. The zero-order valence-electron chi connectivity index (χ0n) is 18.8. The summed E-state index contributed by atoms with van der Waals surface area (Å²) in [6.07, 6.45) is 4.76. The topological polar surface area (TPSA) is 55.4 Å². The Bertz CT molecular complexity index is 1140. The van der Waals surface area contributed by atoms with E-state index in [0.717, 1.165) is 36.9 Å². The third kappa shape index (κ3) is 4.24. The van der Waals surface area contributed by atoms with Crippen LogP contribution in [0.5, 0.6) is 0 Å². The smallest absolute Gasteiger partial charge is 0.337 e. The maximum atomic E-state index is 14.2. The lowest BCUT2D eigenvalue weighted by Crippen LogP contribution is -2.36. The van der Waals surface area contributed by atoms with Crippen LogP contribution in [0.3, 0.4) is 0 Å². The molecular weight excluding hydrogens is 417 g/mol. The van der Waals surface area contributed by atoms with Crippen LogP contribution in [0.15, 0.2) is 77.1 Å². The highest BCUT2D eigenvalue weighted by molar-refractivity contribution is 6.04. The molecule has 33 heavy (non-hydrogen) atoms. The van der Waals surface area contributed by atoms with Gasteiger partial charge in [0, 0.05) is 29.3 Å². The molecule has 0 saturated heterocycles. The Balaban J connectivity index is 1.55. The largest absolute Gasteiger partial charge is 0.459 e. The van der Waals surface area contributed by atoms with Gasteiger partial charge in [-0.15, -0.1) is 0 Å². The SMILES string of the molecule is CC1=C(C(=O)OC2CCCC2)[C@H](c2cccc(F)c2)C2=C(C[C@@H](c3ccccc3)CC2=O)N1. The first-order chi connectivity index (χ1) is 16.0. The number of rotatable bonds is 4. The number of dihydropyridines is 1. The molecule has 0 amide bonds. The van der Waals surface area contributed by atoms with E-state index in [9.17, 15) is 14.0 Å². The van der Waals surface area contributed by atoms with Crippen LogP contribution in [-0.4, -0.2) is 17.9 Å². The van der Waals surface area contributed by atoms with Crippen molar-refractivity contribution in [1.29, 1.82) is 0 Å². The molecule has 1 saturated carbocycles. The van der Waals surface area contributed by atoms with E-state index in [2.05, 4.69) is 5.32 Å². The minimum atomic E-state index is -0.630. The van der Waals surface area contributed by atoms with Gasteiger partial charge < -0.3 is 10.1 Å². The summed E-state index contributed by atoms with van der Waals surface area (Å²) in [7, 11) is 0. The van der Waals surface area contributed by atoms with Gasteiger partial charge in [-0.25, -0.2) is 9.18 Å². The van der Waals surface area contributed by atoms with Crippen molar-refractivity contribution in [1.82, 2.24) is 5.32 Å². The third-order valence-corrected chi connectivity index (χ3v) is 7.08. The number of allylic oxidation sites excluding steroid dienone is 3. The zero-order chi connectivity index (χ0) is 22.9. The van der Waals surface area contributed by atoms with Crippen molar-refractivity contribution >= 4 is 11.8 Å². The zero-order valence-corrected chi connectivity index (χ0v) is 18.8. The molecule has 4 nitrogen and oxygen atoms in total. The Morgan fingerprint density at radius 1 is 1.00 bits per heavy atom. The molecule has 170 valence electrons. The van der Waals surface area contributed by atoms with E-state index in [-0.39, 0.29) is 23.6 Å². The fourth-order valence-electron chi connectivity index (χ4n) is 5.51. The number of esters is 1. The lowest BCUT2D eigenvalue weighted by molar-refractivity contribution is -0.144. The Morgan fingerprint density at radius 2 is 1.73 bits per heavy atom. The number of ketones is 1. The number of carbonyl (C=O) groups is 2. The first-order valence-corrected chi connectivity index (χ1v) is 11.8. The number of nitrogens with one attached hydrogen (secondary N) is 1. The number of ether oxygens (including phenoxy) is 1. The van der Waals surface area contributed by atoms with Gasteiger partial charge in [-0.05, 0) is 68.2 Å². The van der Waals surface area contributed by atoms with Crippen molar-refractivity contribution < 1.29 is 18.7 Å². The van der Waals surface area contributed by atoms with Crippen LogP contribution >= 0.6 is 0 Å². The van der Waals surface area contributed by atoms with Gasteiger partial charge in [-0.2, -0.15) is 0 Å². The van der Waals surface area contributed by atoms with Gasteiger partial charge in [-0.3, -0.25) is 4.79 Å². The van der Waals surface area contributed by atoms with Crippen LogP contribution in [-0.2, 0) is 14.3 Å². The van der Waals surface area contributed by atoms with E-state index in [4.69, 9.17) is 4.74 Å². The summed E-state index contributed by atoms with van der Waals surface area (Å²) < 4.78 is 20.1. The molecule has 0 spiro atoms. The Kier molecular flexibility index (Phi) is 5.88. The molecule has 1 fully saturated rings. The number of hydrogen-bond acceptors (Lipinski definition) is 4. The third-order valence-electron chi connectivity index (χ3n) is 7.08. The minimum absolute atomic E-state index is 0.00877. The molecule has 5 heteroatoms. The van der Waals surface area contributed by atoms with Gasteiger partial charge >= 0.3 is 5.97 Å². The average molecular weight is 446 g/mol. The van der Waals surface area contributed by atoms with Crippen LogP contribution in [0.2, 0.25) is 0 Å². The summed E-state index contributed by atoms with van der Waals surface area (Å²) in [4.78, 5) is 26.9. The van der Waals surface area contributed by atoms with Crippen LogP contribution in [0.4, 0.5) is 4.39 Å². The maximum Gasteiger partial charge on any atom is 0.337 e. The van der Waals surface area contributed by atoms with Gasteiger partial charge in [0.15, 0.2) is 5.78 Å². The first-order valence-electron chi connectivity index (χ1n) is 11.8. The van der Waals surface area contributed by atoms with Crippen molar-refractivity contribution in [3.63, 3.8) is 0 Å². The number of benzene rings is 2. The highest BCUT2D eigenvalue weighted by atomic mass is 19.1. The van der Waals surface area contributed by atoms with E-state index in [1.54, 1.807) is 12.1 Å². The number of halogens is 1. The second-order valence-electron chi connectivity index (χ2n) is 9.29. The fraction of sp³-hybridized carbons (Fsp3) is 0.357. The standard InChI is InChI=1S/C28H28FNO3/c1-17-25(28(32)33-22-12-5-6-13-22)26(19-10-7-11-21(29)14-19)27-23(30-17)15-20(16-24(27)31)18-8-3-2-4-9-18/h2-4,7-11,14,20,22,26,30H,5-6,12-13,15-16H2,1H3/t20-,26+/m1/s1. The molecular formula is C28H28FNO3. The second kappa shape index (κ2) is 8.97. The lowest BCUT2D eigenvalue weighted by Gasteiger charge is -2.37. The fourth-order valence-corrected chi connectivity index (χ4v) is 5.51. The van der Waals surface area contributed by atoms with Crippen LogP contribution < -0.4 is 5.32 Å². The first kappa shape index (κ1) is 21.6. The number of hydrogen-bond donors (Lipinski definition) is 1. The predicted molar refractivity (Wildman–Crippen MR) is 124 cm³/mol. The molecule has 3 aliphatic rings. The van der Waals surface area contributed by atoms with Crippen molar-refractivity contribution in [2.45, 2.75) is 63.4 Å². The van der Waals surface area contributed by atoms with Crippen LogP contribution in [0.25, 0.3) is 0 Å². The molecule has 2 aromatic carbocycles. The quantitative estimate of drug-likeness (QED) is 0.616. The molecule has 1 N–H and O–H groups in total. The van der Waals surface area contributed by atoms with E-state index in [1.807, 2.05) is 37.3 Å². The number of carbonyl (C=O) groups excluding carboxylic acids is 2.